The fourth-order valence-corrected chi connectivity index (χ4v) is 1.93. The molecule has 1 aromatic carbocycles. The fourth-order valence-electron chi connectivity index (χ4n) is 1.93. The number of halogens is 1. The van der Waals surface area contributed by atoms with Crippen LogP contribution in [0.5, 0.6) is 11.5 Å². The van der Waals surface area contributed by atoms with Gasteiger partial charge in [-0.2, -0.15) is 0 Å². The number of rotatable bonds is 4. The molecule has 0 amide bonds. The van der Waals surface area contributed by atoms with Gasteiger partial charge in [0.2, 0.25) is 0 Å². The van der Waals surface area contributed by atoms with Crippen LogP contribution < -0.4 is 15.2 Å². The van der Waals surface area contributed by atoms with Crippen LogP contribution in [0.2, 0.25) is 0 Å². The number of hydrogen-bond donors (Lipinski definition) is 2. The topological polar surface area (TPSA) is 81.8 Å². The van der Waals surface area contributed by atoms with E-state index < -0.39 is 17.8 Å². The Labute approximate surface area is 104 Å². The summed E-state index contributed by atoms with van der Waals surface area (Å²) in [6.45, 7) is 3.02. The highest BCUT2D eigenvalue weighted by atomic mass is 19.1. The van der Waals surface area contributed by atoms with Crippen LogP contribution in [-0.2, 0) is 4.79 Å². The van der Waals surface area contributed by atoms with Crippen molar-refractivity contribution in [3.05, 3.63) is 22.5 Å². The van der Waals surface area contributed by atoms with Gasteiger partial charge in [0.25, 0.3) is 0 Å². The van der Waals surface area contributed by atoms with E-state index in [-0.39, 0.29) is 22.6 Å². The van der Waals surface area contributed by atoms with Crippen LogP contribution in [0.15, 0.2) is 0 Å². The molecule has 18 heavy (non-hydrogen) atoms. The summed E-state index contributed by atoms with van der Waals surface area (Å²) in [5.74, 6) is -1.67. The number of carbonyl (C=O) groups is 1. The molecule has 0 aliphatic heterocycles. The van der Waals surface area contributed by atoms with Crippen molar-refractivity contribution in [2.75, 3.05) is 14.2 Å². The molecule has 0 radical (unpaired) electrons. The molecule has 0 aliphatic rings. The molecule has 1 unspecified atom stereocenters. The molecule has 0 aromatic heterocycles. The van der Waals surface area contributed by atoms with Gasteiger partial charge in [0, 0.05) is 16.7 Å². The molecule has 0 saturated heterocycles. The molecule has 3 N–H and O–H groups in total. The highest BCUT2D eigenvalue weighted by Gasteiger charge is 2.28. The molecule has 1 aromatic rings. The molecule has 6 heteroatoms. The average molecular weight is 257 g/mol. The first-order chi connectivity index (χ1) is 8.36. The summed E-state index contributed by atoms with van der Waals surface area (Å²) in [4.78, 5) is 11.0. The summed E-state index contributed by atoms with van der Waals surface area (Å²) in [6, 6.07) is -1.30. The van der Waals surface area contributed by atoms with Gasteiger partial charge in [0.15, 0.2) is 11.6 Å². The highest BCUT2D eigenvalue weighted by Crippen LogP contribution is 2.39. The maximum absolute atomic E-state index is 14.0. The molecule has 0 spiro atoms. The summed E-state index contributed by atoms with van der Waals surface area (Å²) in [6.07, 6.45) is 0. The van der Waals surface area contributed by atoms with Gasteiger partial charge in [-0.15, -0.1) is 0 Å². The lowest BCUT2D eigenvalue weighted by Crippen LogP contribution is -2.23. The SMILES string of the molecule is COc1c(C)c(C(N)C(=O)O)c(OC)c(C)c1F. The number of benzene rings is 1. The normalized spacial score (nSPS) is 12.1. The van der Waals surface area contributed by atoms with Crippen LogP contribution in [-0.4, -0.2) is 25.3 Å². The second kappa shape index (κ2) is 5.22. The first-order valence-corrected chi connectivity index (χ1v) is 5.25. The Balaban J connectivity index is 3.67. The van der Waals surface area contributed by atoms with Crippen molar-refractivity contribution in [3.63, 3.8) is 0 Å². The molecular weight excluding hydrogens is 241 g/mol. The molecule has 100 valence electrons. The zero-order valence-corrected chi connectivity index (χ0v) is 10.7. The zero-order valence-electron chi connectivity index (χ0n) is 10.7. The largest absolute Gasteiger partial charge is 0.496 e. The number of aliphatic carboxylic acids is 1. The van der Waals surface area contributed by atoms with Gasteiger partial charge < -0.3 is 20.3 Å². The summed E-state index contributed by atoms with van der Waals surface area (Å²) >= 11 is 0. The van der Waals surface area contributed by atoms with Crippen molar-refractivity contribution in [2.45, 2.75) is 19.9 Å². The molecule has 0 heterocycles. The lowest BCUT2D eigenvalue weighted by Gasteiger charge is -2.20. The zero-order chi connectivity index (χ0) is 14.0. The average Bonchev–Trinajstić information content (AvgIpc) is 2.33. The minimum absolute atomic E-state index is 0.0139. The van der Waals surface area contributed by atoms with Gasteiger partial charge in [-0.1, -0.05) is 0 Å². The fraction of sp³-hybridized carbons (Fsp3) is 0.417. The van der Waals surface area contributed by atoms with Crippen molar-refractivity contribution in [2.24, 2.45) is 5.73 Å². The molecule has 1 rings (SSSR count). The Kier molecular flexibility index (Phi) is 4.13. The molecule has 0 fully saturated rings. The Morgan fingerprint density at radius 2 is 1.72 bits per heavy atom. The summed E-state index contributed by atoms with van der Waals surface area (Å²) in [5, 5.41) is 8.99. The minimum atomic E-state index is -1.30. The maximum atomic E-state index is 14.0. The summed E-state index contributed by atoms with van der Waals surface area (Å²) in [7, 11) is 2.65. The Morgan fingerprint density at radius 1 is 1.22 bits per heavy atom. The number of methoxy groups -OCH3 is 2. The van der Waals surface area contributed by atoms with Crippen LogP contribution in [0.1, 0.15) is 22.7 Å². The number of carboxylic acid groups (broad SMARTS) is 1. The Hall–Kier alpha value is -1.82. The Morgan fingerprint density at radius 3 is 2.11 bits per heavy atom. The number of nitrogens with two attached hydrogens (primary N) is 1. The van der Waals surface area contributed by atoms with Crippen molar-refractivity contribution < 1.29 is 23.8 Å². The van der Waals surface area contributed by atoms with E-state index in [0.717, 1.165) is 0 Å². The molecular formula is C12H16FNO4. The summed E-state index contributed by atoms with van der Waals surface area (Å²) < 4.78 is 24.0. The lowest BCUT2D eigenvalue weighted by molar-refractivity contribution is -0.138. The second-order valence-electron chi connectivity index (χ2n) is 3.86. The standard InChI is InChI=1S/C12H16FNO4/c1-5-7(9(14)12(15)16)10(17-3)6(2)8(13)11(5)18-4/h9H,14H2,1-4H3,(H,15,16). The van der Waals surface area contributed by atoms with Gasteiger partial charge in [-0.3, -0.25) is 4.79 Å². The van der Waals surface area contributed by atoms with E-state index in [1.54, 1.807) is 6.92 Å². The van der Waals surface area contributed by atoms with Gasteiger partial charge in [-0.25, -0.2) is 4.39 Å². The minimum Gasteiger partial charge on any atom is -0.496 e. The number of ether oxygens (including phenoxy) is 2. The number of carboxylic acids is 1. The van der Waals surface area contributed by atoms with E-state index in [1.807, 2.05) is 0 Å². The third kappa shape index (κ3) is 2.11. The van der Waals surface area contributed by atoms with Crippen LogP contribution in [0.3, 0.4) is 0 Å². The van der Waals surface area contributed by atoms with Gasteiger partial charge in [0.1, 0.15) is 11.8 Å². The molecule has 0 bridgehead atoms. The lowest BCUT2D eigenvalue weighted by atomic mass is 9.96. The predicted molar refractivity (Wildman–Crippen MR) is 63.5 cm³/mol. The van der Waals surface area contributed by atoms with Gasteiger partial charge >= 0.3 is 5.97 Å². The third-order valence-corrected chi connectivity index (χ3v) is 2.84. The third-order valence-electron chi connectivity index (χ3n) is 2.84. The van der Waals surface area contributed by atoms with Crippen molar-refractivity contribution in [1.82, 2.24) is 0 Å². The van der Waals surface area contributed by atoms with E-state index >= 15 is 0 Å². The van der Waals surface area contributed by atoms with Crippen molar-refractivity contribution in [1.29, 1.82) is 0 Å². The summed E-state index contributed by atoms with van der Waals surface area (Å²) in [5.41, 5.74) is 6.32. The van der Waals surface area contributed by atoms with Crippen molar-refractivity contribution >= 4 is 5.97 Å². The quantitative estimate of drug-likeness (QED) is 0.855. The van der Waals surface area contributed by atoms with Gasteiger partial charge in [0.05, 0.1) is 14.2 Å². The maximum Gasteiger partial charge on any atom is 0.325 e. The Bertz CT molecular complexity index is 488. The molecule has 0 saturated carbocycles. The first-order valence-electron chi connectivity index (χ1n) is 5.25. The highest BCUT2D eigenvalue weighted by molar-refractivity contribution is 5.78. The van der Waals surface area contributed by atoms with Crippen LogP contribution in [0.4, 0.5) is 4.39 Å². The van der Waals surface area contributed by atoms with Crippen LogP contribution >= 0.6 is 0 Å². The van der Waals surface area contributed by atoms with Crippen LogP contribution in [0.25, 0.3) is 0 Å². The molecule has 5 nitrogen and oxygen atoms in total. The molecule has 1 atom stereocenters. The smallest absolute Gasteiger partial charge is 0.325 e. The van der Waals surface area contributed by atoms with Crippen LogP contribution in [0, 0.1) is 19.7 Å². The first kappa shape index (κ1) is 14.2. The molecule has 0 aliphatic carbocycles. The predicted octanol–water partition coefficient (Wildman–Crippen LogP) is 1.54. The van der Waals surface area contributed by atoms with E-state index in [4.69, 9.17) is 20.3 Å². The van der Waals surface area contributed by atoms with E-state index in [1.165, 1.54) is 21.1 Å². The monoisotopic (exact) mass is 257 g/mol. The van der Waals surface area contributed by atoms with Crippen molar-refractivity contribution in [3.8, 4) is 11.5 Å². The van der Waals surface area contributed by atoms with Gasteiger partial charge in [-0.05, 0) is 13.8 Å². The van der Waals surface area contributed by atoms with E-state index in [9.17, 15) is 9.18 Å². The second-order valence-corrected chi connectivity index (χ2v) is 3.86. The van der Waals surface area contributed by atoms with E-state index in [2.05, 4.69) is 0 Å². The van der Waals surface area contributed by atoms with E-state index in [0.29, 0.717) is 5.56 Å². The number of hydrogen-bond acceptors (Lipinski definition) is 4.